The Kier molecular flexibility index (Phi) is 4.38. The van der Waals surface area contributed by atoms with E-state index >= 15 is 0 Å². The summed E-state index contributed by atoms with van der Waals surface area (Å²) in [4.78, 5) is 5.43. The molecule has 102 valence electrons. The van der Waals surface area contributed by atoms with Gasteiger partial charge >= 0.3 is 6.18 Å². The minimum atomic E-state index is -4.45. The average molecular weight is 301 g/mol. The first kappa shape index (κ1) is 15.4. The number of hydrogen-bond donors (Lipinski definition) is 0. The van der Waals surface area contributed by atoms with Crippen molar-refractivity contribution in [2.75, 3.05) is 17.8 Å². The van der Waals surface area contributed by atoms with Crippen LogP contribution in [0.25, 0.3) is 0 Å². The summed E-state index contributed by atoms with van der Waals surface area (Å²) in [5.74, 6) is 0.568. The first-order valence-corrected chi connectivity index (χ1v) is 6.03. The van der Waals surface area contributed by atoms with Crippen LogP contribution in [0.2, 0.25) is 5.02 Å². The third-order valence-corrected chi connectivity index (χ3v) is 3.63. The van der Waals surface area contributed by atoms with Crippen LogP contribution in [-0.2, 0) is 6.18 Å². The molecule has 1 rings (SSSR count). The van der Waals surface area contributed by atoms with Gasteiger partial charge in [-0.2, -0.15) is 13.2 Å². The van der Waals surface area contributed by atoms with Gasteiger partial charge in [0.25, 0.3) is 0 Å². The van der Waals surface area contributed by atoms with Crippen molar-refractivity contribution in [1.82, 2.24) is 4.98 Å². The molecule has 1 heterocycles. The smallest absolute Gasteiger partial charge is 0.352 e. The van der Waals surface area contributed by atoms with Crippen LogP contribution >= 0.6 is 23.2 Å². The van der Waals surface area contributed by atoms with E-state index in [1.807, 2.05) is 13.8 Å². The van der Waals surface area contributed by atoms with E-state index in [0.717, 1.165) is 12.3 Å². The Bertz CT molecular complexity index is 433. The lowest BCUT2D eigenvalue weighted by Crippen LogP contribution is -2.43. The predicted octanol–water partition coefficient (Wildman–Crippen LogP) is 4.21. The molecule has 0 unspecified atom stereocenters. The van der Waals surface area contributed by atoms with Crippen molar-refractivity contribution in [3.63, 3.8) is 0 Å². The fourth-order valence-corrected chi connectivity index (χ4v) is 1.68. The highest BCUT2D eigenvalue weighted by atomic mass is 35.5. The van der Waals surface area contributed by atoms with E-state index in [1.165, 1.54) is 0 Å². The molecular weight excluding hydrogens is 288 g/mol. The summed E-state index contributed by atoms with van der Waals surface area (Å²) in [6.07, 6.45) is -3.68. The second-order valence-electron chi connectivity index (χ2n) is 4.53. The van der Waals surface area contributed by atoms with E-state index in [-0.39, 0.29) is 10.8 Å². The molecule has 0 bridgehead atoms. The molecule has 0 saturated heterocycles. The Labute approximate surface area is 114 Å². The van der Waals surface area contributed by atoms with E-state index in [2.05, 4.69) is 4.98 Å². The third kappa shape index (κ3) is 3.20. The van der Waals surface area contributed by atoms with Gasteiger partial charge in [0, 0.05) is 24.7 Å². The molecule has 0 aliphatic carbocycles. The number of rotatable bonds is 3. The molecule has 0 aliphatic heterocycles. The van der Waals surface area contributed by atoms with Gasteiger partial charge in [-0.1, -0.05) is 11.6 Å². The van der Waals surface area contributed by atoms with E-state index in [4.69, 9.17) is 23.2 Å². The second kappa shape index (κ2) is 5.13. The van der Waals surface area contributed by atoms with E-state index in [1.54, 1.807) is 11.9 Å². The second-order valence-corrected chi connectivity index (χ2v) is 5.21. The number of nitrogens with zero attached hydrogens (tertiary/aromatic N) is 2. The topological polar surface area (TPSA) is 16.1 Å². The minimum absolute atomic E-state index is 0.0504. The zero-order valence-electron chi connectivity index (χ0n) is 10.1. The van der Waals surface area contributed by atoms with E-state index in [0.29, 0.717) is 5.88 Å². The van der Waals surface area contributed by atoms with Crippen LogP contribution in [0.5, 0.6) is 0 Å². The van der Waals surface area contributed by atoms with Gasteiger partial charge in [-0.05, 0) is 19.9 Å². The maximum atomic E-state index is 12.5. The fraction of sp³-hybridized carbons (Fsp3) is 0.545. The first-order chi connectivity index (χ1) is 8.09. The Morgan fingerprint density at radius 1 is 1.33 bits per heavy atom. The highest BCUT2D eigenvalue weighted by molar-refractivity contribution is 6.33. The predicted molar refractivity (Wildman–Crippen MR) is 67.5 cm³/mol. The summed E-state index contributed by atoms with van der Waals surface area (Å²) in [5, 5.41) is -0.0504. The minimum Gasteiger partial charge on any atom is -0.352 e. The van der Waals surface area contributed by atoms with Crippen LogP contribution in [0, 0.1) is 0 Å². The van der Waals surface area contributed by atoms with Crippen LogP contribution in [0.3, 0.4) is 0 Å². The number of pyridine rings is 1. The van der Waals surface area contributed by atoms with Gasteiger partial charge in [0.1, 0.15) is 5.82 Å². The van der Waals surface area contributed by atoms with Crippen LogP contribution in [0.1, 0.15) is 19.4 Å². The summed E-state index contributed by atoms with van der Waals surface area (Å²) < 4.78 is 37.4. The summed E-state index contributed by atoms with van der Waals surface area (Å²) in [6.45, 7) is 3.69. The quantitative estimate of drug-likeness (QED) is 0.778. The molecule has 18 heavy (non-hydrogen) atoms. The van der Waals surface area contributed by atoms with Gasteiger partial charge < -0.3 is 4.90 Å². The molecule has 0 amide bonds. The zero-order chi connectivity index (χ0) is 14.1. The lowest BCUT2D eigenvalue weighted by Gasteiger charge is -2.35. The van der Waals surface area contributed by atoms with Crippen molar-refractivity contribution in [2.24, 2.45) is 0 Å². The van der Waals surface area contributed by atoms with E-state index < -0.39 is 17.3 Å². The molecule has 0 aliphatic rings. The van der Waals surface area contributed by atoms with Gasteiger partial charge in [-0.15, -0.1) is 11.6 Å². The monoisotopic (exact) mass is 300 g/mol. The van der Waals surface area contributed by atoms with Gasteiger partial charge in [0.2, 0.25) is 0 Å². The first-order valence-electron chi connectivity index (χ1n) is 5.12. The number of alkyl halides is 4. The van der Waals surface area contributed by atoms with Crippen LogP contribution in [0.4, 0.5) is 19.0 Å². The van der Waals surface area contributed by atoms with E-state index in [9.17, 15) is 13.2 Å². The van der Waals surface area contributed by atoms with Gasteiger partial charge in [-0.25, -0.2) is 4.98 Å². The number of halogens is 5. The molecule has 0 radical (unpaired) electrons. The molecule has 0 fully saturated rings. The summed E-state index contributed by atoms with van der Waals surface area (Å²) >= 11 is 11.6. The molecule has 1 aromatic rings. The van der Waals surface area contributed by atoms with Gasteiger partial charge in [-0.3, -0.25) is 0 Å². The Balaban J connectivity index is 3.14. The van der Waals surface area contributed by atoms with Crippen molar-refractivity contribution >= 4 is 29.0 Å². The third-order valence-electron chi connectivity index (χ3n) is 2.70. The number of aromatic nitrogens is 1. The van der Waals surface area contributed by atoms with Crippen molar-refractivity contribution in [3.8, 4) is 0 Å². The molecule has 0 spiro atoms. The Morgan fingerprint density at radius 3 is 2.28 bits per heavy atom. The molecule has 1 aromatic heterocycles. The number of hydrogen-bond acceptors (Lipinski definition) is 2. The zero-order valence-corrected chi connectivity index (χ0v) is 11.7. The summed E-state index contributed by atoms with van der Waals surface area (Å²) in [6, 6.07) is 0.866. The maximum Gasteiger partial charge on any atom is 0.417 e. The Morgan fingerprint density at radius 2 is 1.89 bits per heavy atom. The van der Waals surface area contributed by atoms with Crippen LogP contribution in [0.15, 0.2) is 12.3 Å². The summed E-state index contributed by atoms with van der Waals surface area (Å²) in [7, 11) is 1.68. The Hall–Kier alpha value is -0.680. The van der Waals surface area contributed by atoms with Gasteiger partial charge in [0.05, 0.1) is 10.6 Å². The summed E-state index contributed by atoms with van der Waals surface area (Å²) in [5.41, 5.74) is -1.33. The largest absolute Gasteiger partial charge is 0.417 e. The molecule has 0 saturated carbocycles. The van der Waals surface area contributed by atoms with Crippen molar-refractivity contribution in [3.05, 3.63) is 22.8 Å². The fourth-order valence-electron chi connectivity index (χ4n) is 1.21. The molecule has 0 aromatic carbocycles. The van der Waals surface area contributed by atoms with Crippen LogP contribution in [-0.4, -0.2) is 23.5 Å². The molecule has 7 heteroatoms. The standard InChI is InChI=1S/C11H13Cl2F3N2/c1-10(2,6-12)18(3)9-8(13)4-7(5-17-9)11(14,15)16/h4-5H,6H2,1-3H3. The van der Waals surface area contributed by atoms with Crippen molar-refractivity contribution in [2.45, 2.75) is 25.6 Å². The number of anilines is 1. The highest BCUT2D eigenvalue weighted by Crippen LogP contribution is 2.34. The normalized spacial score (nSPS) is 12.7. The molecule has 0 N–H and O–H groups in total. The maximum absolute atomic E-state index is 12.5. The van der Waals surface area contributed by atoms with Crippen LogP contribution < -0.4 is 4.90 Å². The SMILES string of the molecule is CN(c1ncc(C(F)(F)F)cc1Cl)C(C)(C)CCl. The lowest BCUT2D eigenvalue weighted by atomic mass is 10.1. The molecular formula is C11H13Cl2F3N2. The highest BCUT2D eigenvalue weighted by Gasteiger charge is 2.33. The lowest BCUT2D eigenvalue weighted by molar-refractivity contribution is -0.137. The molecule has 2 nitrogen and oxygen atoms in total. The molecule has 0 atom stereocenters. The van der Waals surface area contributed by atoms with Crippen molar-refractivity contribution in [1.29, 1.82) is 0 Å². The van der Waals surface area contributed by atoms with Gasteiger partial charge in [0.15, 0.2) is 0 Å². The average Bonchev–Trinajstić information content (AvgIpc) is 2.26. The van der Waals surface area contributed by atoms with Crippen molar-refractivity contribution < 1.29 is 13.2 Å².